The van der Waals surface area contributed by atoms with Crippen molar-refractivity contribution in [2.24, 2.45) is 0 Å². The van der Waals surface area contributed by atoms with Crippen LogP contribution in [-0.4, -0.2) is 32.3 Å². The highest BCUT2D eigenvalue weighted by Crippen LogP contribution is 2.27. The predicted octanol–water partition coefficient (Wildman–Crippen LogP) is -0.0876. The normalized spacial score (nSPS) is 17.5. The average molecular weight is 240 g/mol. The minimum Gasteiger partial charge on any atom is -0.501 e. The number of nitrogens with zero attached hydrogens (tertiary/aromatic N) is 2. The van der Waals surface area contributed by atoms with Crippen molar-refractivity contribution in [2.45, 2.75) is 26.0 Å². The van der Waals surface area contributed by atoms with Crippen molar-refractivity contribution < 1.29 is 19.7 Å². The smallest absolute Gasteiger partial charge is 0.358 e. The van der Waals surface area contributed by atoms with E-state index in [0.29, 0.717) is 6.61 Å². The maximum absolute atomic E-state index is 11.8. The van der Waals surface area contributed by atoms with E-state index >= 15 is 0 Å². The van der Waals surface area contributed by atoms with Gasteiger partial charge in [-0.15, -0.1) is 0 Å². The second-order valence-corrected chi connectivity index (χ2v) is 4.25. The Hall–Kier alpha value is -1.89. The summed E-state index contributed by atoms with van der Waals surface area (Å²) in [5.41, 5.74) is -2.24. The molecule has 7 nitrogen and oxygen atoms in total. The molecular weight excluding hydrogens is 228 g/mol. The van der Waals surface area contributed by atoms with Crippen LogP contribution in [0.4, 0.5) is 0 Å². The van der Waals surface area contributed by atoms with Crippen LogP contribution in [0, 0.1) is 0 Å². The first kappa shape index (κ1) is 11.6. The number of aromatic nitrogens is 2. The molecule has 1 aromatic heterocycles. The molecule has 0 radical (unpaired) electrons. The summed E-state index contributed by atoms with van der Waals surface area (Å²) >= 11 is 0. The number of fused-ring (bicyclic) bond motifs is 1. The molecule has 1 aliphatic rings. The molecule has 92 valence electrons. The van der Waals surface area contributed by atoms with Gasteiger partial charge in [0.05, 0.1) is 13.2 Å². The van der Waals surface area contributed by atoms with Crippen LogP contribution in [0.15, 0.2) is 4.79 Å². The molecule has 2 N–H and O–H groups in total. The van der Waals surface area contributed by atoms with Crippen LogP contribution in [0.25, 0.3) is 0 Å². The van der Waals surface area contributed by atoms with Gasteiger partial charge in [0, 0.05) is 0 Å². The minimum atomic E-state index is -1.44. The van der Waals surface area contributed by atoms with Gasteiger partial charge in [0.25, 0.3) is 5.56 Å². The van der Waals surface area contributed by atoms with Gasteiger partial charge < -0.3 is 14.9 Å². The standard InChI is InChI=1S/C10H12N2O5/c1-10(2)9-11-5(8(15)16)6(13)7(14)12(9)3-4-17-10/h13H,3-4H2,1-2H3,(H,15,16). The fourth-order valence-corrected chi connectivity index (χ4v) is 1.82. The highest BCUT2D eigenvalue weighted by atomic mass is 16.5. The molecule has 0 saturated heterocycles. The van der Waals surface area contributed by atoms with E-state index in [-0.39, 0.29) is 12.4 Å². The SMILES string of the molecule is CC1(C)OCCn2c1nc(C(=O)O)c(O)c2=O. The first-order valence-electron chi connectivity index (χ1n) is 5.06. The van der Waals surface area contributed by atoms with Gasteiger partial charge in [-0.1, -0.05) is 0 Å². The second kappa shape index (κ2) is 3.56. The molecular formula is C10H12N2O5. The summed E-state index contributed by atoms with van der Waals surface area (Å²) < 4.78 is 6.67. The summed E-state index contributed by atoms with van der Waals surface area (Å²) in [5, 5.41) is 18.3. The van der Waals surface area contributed by atoms with E-state index in [4.69, 9.17) is 9.84 Å². The van der Waals surface area contributed by atoms with Crippen molar-refractivity contribution in [2.75, 3.05) is 6.61 Å². The van der Waals surface area contributed by atoms with E-state index in [1.165, 1.54) is 4.57 Å². The Balaban J connectivity index is 2.78. The molecule has 7 heteroatoms. The zero-order valence-corrected chi connectivity index (χ0v) is 9.43. The number of ether oxygens (including phenoxy) is 1. The highest BCUT2D eigenvalue weighted by molar-refractivity contribution is 5.88. The first-order valence-corrected chi connectivity index (χ1v) is 5.06. The Labute approximate surface area is 96.3 Å². The van der Waals surface area contributed by atoms with E-state index < -0.39 is 28.6 Å². The molecule has 0 atom stereocenters. The van der Waals surface area contributed by atoms with Gasteiger partial charge in [-0.2, -0.15) is 0 Å². The number of carboxylic acids is 1. The van der Waals surface area contributed by atoms with Crippen molar-refractivity contribution >= 4 is 5.97 Å². The van der Waals surface area contributed by atoms with E-state index in [9.17, 15) is 14.7 Å². The quantitative estimate of drug-likeness (QED) is 0.711. The molecule has 0 unspecified atom stereocenters. The molecule has 0 aliphatic carbocycles. The molecule has 2 rings (SSSR count). The number of aromatic carboxylic acids is 1. The van der Waals surface area contributed by atoms with Crippen LogP contribution >= 0.6 is 0 Å². The number of hydrogen-bond donors (Lipinski definition) is 2. The molecule has 0 spiro atoms. The summed E-state index contributed by atoms with van der Waals surface area (Å²) in [4.78, 5) is 26.5. The van der Waals surface area contributed by atoms with E-state index in [1.807, 2.05) is 0 Å². The lowest BCUT2D eigenvalue weighted by molar-refractivity contribution is -0.0567. The van der Waals surface area contributed by atoms with Gasteiger partial charge in [0.1, 0.15) is 11.4 Å². The van der Waals surface area contributed by atoms with Gasteiger partial charge in [-0.05, 0) is 13.8 Å². The summed E-state index contributed by atoms with van der Waals surface area (Å²) in [6, 6.07) is 0. The third-order valence-corrected chi connectivity index (χ3v) is 2.66. The number of carbonyl (C=O) groups is 1. The fraction of sp³-hybridized carbons (Fsp3) is 0.500. The summed E-state index contributed by atoms with van der Waals surface area (Å²) in [7, 11) is 0. The van der Waals surface area contributed by atoms with Crippen LogP contribution < -0.4 is 5.56 Å². The Morgan fingerprint density at radius 3 is 2.76 bits per heavy atom. The van der Waals surface area contributed by atoms with Crippen LogP contribution in [-0.2, 0) is 16.9 Å². The van der Waals surface area contributed by atoms with Gasteiger partial charge >= 0.3 is 5.97 Å². The first-order chi connectivity index (χ1) is 7.84. The molecule has 0 bridgehead atoms. The number of aromatic hydroxyl groups is 1. The third-order valence-electron chi connectivity index (χ3n) is 2.66. The fourth-order valence-electron chi connectivity index (χ4n) is 1.82. The van der Waals surface area contributed by atoms with Crippen molar-refractivity contribution in [1.82, 2.24) is 9.55 Å². The van der Waals surface area contributed by atoms with Crippen LogP contribution in [0.5, 0.6) is 5.75 Å². The molecule has 1 aliphatic heterocycles. The molecule has 0 saturated carbocycles. The Morgan fingerprint density at radius 1 is 1.53 bits per heavy atom. The molecule has 0 fully saturated rings. The lowest BCUT2D eigenvalue weighted by Gasteiger charge is -2.32. The summed E-state index contributed by atoms with van der Waals surface area (Å²) in [6.45, 7) is 3.94. The van der Waals surface area contributed by atoms with Crippen molar-refractivity contribution in [1.29, 1.82) is 0 Å². The largest absolute Gasteiger partial charge is 0.501 e. The zero-order valence-electron chi connectivity index (χ0n) is 9.43. The maximum atomic E-state index is 11.8. The Kier molecular flexibility index (Phi) is 2.43. The third kappa shape index (κ3) is 1.68. The summed E-state index contributed by atoms with van der Waals surface area (Å²) in [5.74, 6) is -2.06. The zero-order chi connectivity index (χ0) is 12.8. The van der Waals surface area contributed by atoms with Gasteiger partial charge in [-0.3, -0.25) is 9.36 Å². The highest BCUT2D eigenvalue weighted by Gasteiger charge is 2.34. The molecule has 1 aromatic rings. The summed E-state index contributed by atoms with van der Waals surface area (Å²) in [6.07, 6.45) is 0. The van der Waals surface area contributed by atoms with E-state index in [1.54, 1.807) is 13.8 Å². The molecule has 17 heavy (non-hydrogen) atoms. The van der Waals surface area contributed by atoms with Gasteiger partial charge in [0.2, 0.25) is 5.75 Å². The topological polar surface area (TPSA) is 102 Å². The lowest BCUT2D eigenvalue weighted by Crippen LogP contribution is -2.41. The van der Waals surface area contributed by atoms with Gasteiger partial charge in [0.15, 0.2) is 5.69 Å². The predicted molar refractivity (Wildman–Crippen MR) is 56.1 cm³/mol. The average Bonchev–Trinajstić information content (AvgIpc) is 2.22. The Morgan fingerprint density at radius 2 is 2.18 bits per heavy atom. The molecule has 0 amide bonds. The maximum Gasteiger partial charge on any atom is 0.358 e. The van der Waals surface area contributed by atoms with E-state index in [2.05, 4.69) is 4.98 Å². The van der Waals surface area contributed by atoms with Crippen molar-refractivity contribution in [3.63, 3.8) is 0 Å². The minimum absolute atomic E-state index is 0.212. The van der Waals surface area contributed by atoms with Crippen molar-refractivity contribution in [3.05, 3.63) is 21.9 Å². The monoisotopic (exact) mass is 240 g/mol. The lowest BCUT2D eigenvalue weighted by atomic mass is 10.1. The second-order valence-electron chi connectivity index (χ2n) is 4.25. The number of carboxylic acid groups (broad SMARTS) is 1. The number of rotatable bonds is 1. The van der Waals surface area contributed by atoms with Crippen LogP contribution in [0.3, 0.4) is 0 Å². The van der Waals surface area contributed by atoms with Crippen LogP contribution in [0.1, 0.15) is 30.2 Å². The van der Waals surface area contributed by atoms with Crippen molar-refractivity contribution in [3.8, 4) is 5.75 Å². The van der Waals surface area contributed by atoms with Crippen LogP contribution in [0.2, 0.25) is 0 Å². The van der Waals surface area contributed by atoms with E-state index in [0.717, 1.165) is 0 Å². The Bertz CT molecular complexity index is 546. The number of hydrogen-bond acceptors (Lipinski definition) is 5. The molecule has 2 heterocycles. The van der Waals surface area contributed by atoms with Gasteiger partial charge in [-0.25, -0.2) is 9.78 Å². The molecule has 0 aromatic carbocycles.